The molecule has 2 unspecified atom stereocenters. The molecular formula is C13H21NO2. The van der Waals surface area contributed by atoms with Gasteiger partial charge < -0.3 is 14.9 Å². The molecule has 0 spiro atoms. The van der Waals surface area contributed by atoms with Crippen LogP contribution in [0.5, 0.6) is 0 Å². The molecule has 90 valence electrons. The van der Waals surface area contributed by atoms with E-state index in [4.69, 9.17) is 14.9 Å². The lowest BCUT2D eigenvalue weighted by molar-refractivity contribution is 0.0510. The summed E-state index contributed by atoms with van der Waals surface area (Å²) in [4.78, 5) is 0. The van der Waals surface area contributed by atoms with Crippen molar-refractivity contribution in [1.82, 2.24) is 0 Å². The average Bonchev–Trinajstić information content (AvgIpc) is 2.83. The van der Waals surface area contributed by atoms with Crippen LogP contribution in [0.4, 0.5) is 0 Å². The largest absolute Gasteiger partial charge is 0.472 e. The van der Waals surface area contributed by atoms with Crippen LogP contribution >= 0.6 is 0 Å². The van der Waals surface area contributed by atoms with Crippen LogP contribution in [0.2, 0.25) is 0 Å². The molecule has 0 amide bonds. The minimum absolute atomic E-state index is 0.657. The van der Waals surface area contributed by atoms with E-state index in [1.165, 1.54) is 25.7 Å². The third-order valence-electron chi connectivity index (χ3n) is 3.55. The van der Waals surface area contributed by atoms with E-state index in [0.29, 0.717) is 18.4 Å². The molecule has 0 bridgehead atoms. The van der Waals surface area contributed by atoms with Gasteiger partial charge in [0.1, 0.15) is 0 Å². The summed E-state index contributed by atoms with van der Waals surface area (Å²) in [6.07, 6.45) is 8.63. The second kappa shape index (κ2) is 6.06. The number of ether oxygens (including phenoxy) is 1. The zero-order valence-corrected chi connectivity index (χ0v) is 9.73. The zero-order valence-electron chi connectivity index (χ0n) is 9.73. The molecule has 1 aromatic heterocycles. The molecule has 2 rings (SSSR count). The van der Waals surface area contributed by atoms with Crippen molar-refractivity contribution in [3.05, 3.63) is 24.2 Å². The standard InChI is InChI=1S/C13H21NO2/c14-7-12-3-1-2-4-13(12)10-16-9-11-5-6-15-8-11/h5-6,8,12-13H,1-4,7,9-10,14H2. The lowest BCUT2D eigenvalue weighted by atomic mass is 9.80. The summed E-state index contributed by atoms with van der Waals surface area (Å²) in [6.45, 7) is 2.30. The Bertz CT molecular complexity index is 284. The SMILES string of the molecule is NCC1CCCCC1COCc1ccoc1. The Labute approximate surface area is 97.0 Å². The summed E-state index contributed by atoms with van der Waals surface area (Å²) < 4.78 is 10.7. The van der Waals surface area contributed by atoms with Gasteiger partial charge in [-0.1, -0.05) is 12.8 Å². The van der Waals surface area contributed by atoms with Crippen LogP contribution in [0, 0.1) is 11.8 Å². The second-order valence-corrected chi connectivity index (χ2v) is 4.69. The first-order chi connectivity index (χ1) is 7.90. The molecule has 3 heteroatoms. The number of rotatable bonds is 5. The normalized spacial score (nSPS) is 25.8. The molecule has 2 atom stereocenters. The van der Waals surface area contributed by atoms with Crippen molar-refractivity contribution < 1.29 is 9.15 Å². The Hall–Kier alpha value is -0.800. The predicted octanol–water partition coefficient (Wildman–Crippen LogP) is 2.56. The predicted molar refractivity (Wildman–Crippen MR) is 62.9 cm³/mol. The molecule has 0 saturated heterocycles. The van der Waals surface area contributed by atoms with Crippen LogP contribution in [-0.4, -0.2) is 13.2 Å². The Morgan fingerprint density at radius 3 is 2.81 bits per heavy atom. The van der Waals surface area contributed by atoms with Crippen molar-refractivity contribution in [3.63, 3.8) is 0 Å². The third-order valence-corrected chi connectivity index (χ3v) is 3.55. The quantitative estimate of drug-likeness (QED) is 0.834. The first-order valence-electron chi connectivity index (χ1n) is 6.19. The molecule has 16 heavy (non-hydrogen) atoms. The Kier molecular flexibility index (Phi) is 4.43. The molecule has 1 aliphatic carbocycles. The van der Waals surface area contributed by atoms with Gasteiger partial charge in [-0.2, -0.15) is 0 Å². The third kappa shape index (κ3) is 3.09. The van der Waals surface area contributed by atoms with Crippen LogP contribution in [-0.2, 0) is 11.3 Å². The summed E-state index contributed by atoms with van der Waals surface area (Å²) in [6, 6.07) is 1.95. The van der Waals surface area contributed by atoms with E-state index in [1.54, 1.807) is 12.5 Å². The van der Waals surface area contributed by atoms with Gasteiger partial charge in [-0.3, -0.25) is 0 Å². The zero-order chi connectivity index (χ0) is 11.2. The number of hydrogen-bond donors (Lipinski definition) is 1. The van der Waals surface area contributed by atoms with Gasteiger partial charge in [0.2, 0.25) is 0 Å². The minimum atomic E-state index is 0.657. The Morgan fingerprint density at radius 2 is 2.12 bits per heavy atom. The molecular weight excluding hydrogens is 202 g/mol. The molecule has 0 radical (unpaired) electrons. The van der Waals surface area contributed by atoms with Crippen LogP contribution in [0.3, 0.4) is 0 Å². The summed E-state index contributed by atoms with van der Waals surface area (Å²) in [5.41, 5.74) is 6.90. The van der Waals surface area contributed by atoms with Crippen molar-refractivity contribution in [2.75, 3.05) is 13.2 Å². The molecule has 3 nitrogen and oxygen atoms in total. The van der Waals surface area contributed by atoms with Crippen LogP contribution in [0.1, 0.15) is 31.2 Å². The molecule has 1 saturated carbocycles. The highest BCUT2D eigenvalue weighted by Gasteiger charge is 2.23. The van der Waals surface area contributed by atoms with Gasteiger partial charge in [-0.15, -0.1) is 0 Å². The highest BCUT2D eigenvalue weighted by Crippen LogP contribution is 2.29. The Balaban J connectivity index is 1.71. The lowest BCUT2D eigenvalue weighted by Crippen LogP contribution is -2.29. The fourth-order valence-electron chi connectivity index (χ4n) is 2.52. The van der Waals surface area contributed by atoms with Gasteiger partial charge >= 0.3 is 0 Å². The monoisotopic (exact) mass is 223 g/mol. The van der Waals surface area contributed by atoms with E-state index in [1.807, 2.05) is 6.07 Å². The van der Waals surface area contributed by atoms with E-state index in [0.717, 1.165) is 18.7 Å². The van der Waals surface area contributed by atoms with Gasteiger partial charge in [-0.05, 0) is 37.3 Å². The molecule has 2 N–H and O–H groups in total. The van der Waals surface area contributed by atoms with E-state index >= 15 is 0 Å². The molecule has 1 heterocycles. The minimum Gasteiger partial charge on any atom is -0.472 e. The lowest BCUT2D eigenvalue weighted by Gasteiger charge is -2.30. The van der Waals surface area contributed by atoms with Crippen molar-refractivity contribution in [2.24, 2.45) is 17.6 Å². The van der Waals surface area contributed by atoms with Gasteiger partial charge in [-0.25, -0.2) is 0 Å². The fourth-order valence-corrected chi connectivity index (χ4v) is 2.52. The van der Waals surface area contributed by atoms with Crippen LogP contribution < -0.4 is 5.73 Å². The van der Waals surface area contributed by atoms with E-state index in [-0.39, 0.29) is 0 Å². The number of nitrogens with two attached hydrogens (primary N) is 1. The van der Waals surface area contributed by atoms with E-state index in [9.17, 15) is 0 Å². The van der Waals surface area contributed by atoms with Crippen molar-refractivity contribution in [3.8, 4) is 0 Å². The first-order valence-corrected chi connectivity index (χ1v) is 6.19. The van der Waals surface area contributed by atoms with Crippen molar-refractivity contribution in [2.45, 2.75) is 32.3 Å². The summed E-state index contributed by atoms with van der Waals surface area (Å²) in [5.74, 6) is 1.32. The maximum Gasteiger partial charge on any atom is 0.0957 e. The Morgan fingerprint density at radius 1 is 1.31 bits per heavy atom. The van der Waals surface area contributed by atoms with Crippen LogP contribution in [0.15, 0.2) is 23.0 Å². The second-order valence-electron chi connectivity index (χ2n) is 4.69. The summed E-state index contributed by atoms with van der Waals surface area (Å²) in [7, 11) is 0. The average molecular weight is 223 g/mol. The van der Waals surface area contributed by atoms with Crippen molar-refractivity contribution >= 4 is 0 Å². The van der Waals surface area contributed by atoms with E-state index in [2.05, 4.69) is 0 Å². The molecule has 1 aromatic rings. The number of furan rings is 1. The molecule has 1 aliphatic rings. The summed E-state index contributed by atoms with van der Waals surface area (Å²) in [5, 5.41) is 0. The van der Waals surface area contributed by atoms with Crippen LogP contribution in [0.25, 0.3) is 0 Å². The van der Waals surface area contributed by atoms with Crippen molar-refractivity contribution in [1.29, 1.82) is 0 Å². The summed E-state index contributed by atoms with van der Waals surface area (Å²) >= 11 is 0. The maximum absolute atomic E-state index is 5.79. The highest BCUT2D eigenvalue weighted by atomic mass is 16.5. The van der Waals surface area contributed by atoms with Gasteiger partial charge in [0.05, 0.1) is 25.7 Å². The van der Waals surface area contributed by atoms with Gasteiger partial charge in [0.25, 0.3) is 0 Å². The first kappa shape index (κ1) is 11.7. The van der Waals surface area contributed by atoms with E-state index < -0.39 is 0 Å². The fraction of sp³-hybridized carbons (Fsp3) is 0.692. The van der Waals surface area contributed by atoms with Gasteiger partial charge in [0.15, 0.2) is 0 Å². The van der Waals surface area contributed by atoms with Gasteiger partial charge in [0, 0.05) is 5.56 Å². The molecule has 0 aliphatic heterocycles. The topological polar surface area (TPSA) is 48.4 Å². The highest BCUT2D eigenvalue weighted by molar-refractivity contribution is 5.03. The molecule has 1 fully saturated rings. The molecule has 0 aromatic carbocycles. The smallest absolute Gasteiger partial charge is 0.0957 e. The maximum atomic E-state index is 5.79. The number of hydrogen-bond acceptors (Lipinski definition) is 3.